The van der Waals surface area contributed by atoms with E-state index in [1.165, 1.54) is 6.42 Å². The number of benzene rings is 2. The van der Waals surface area contributed by atoms with Crippen LogP contribution in [-0.4, -0.2) is 35.6 Å². The van der Waals surface area contributed by atoms with Crippen LogP contribution in [0.15, 0.2) is 53.1 Å². The minimum absolute atomic E-state index is 0.0723. The summed E-state index contributed by atoms with van der Waals surface area (Å²) in [6.45, 7) is 0.725. The summed E-state index contributed by atoms with van der Waals surface area (Å²) in [6.07, 6.45) is 3.56. The summed E-state index contributed by atoms with van der Waals surface area (Å²) in [5.74, 6) is 1.72. The monoisotopic (exact) mass is 446 g/mol. The summed E-state index contributed by atoms with van der Waals surface area (Å²) in [5.41, 5.74) is 2.47. The highest BCUT2D eigenvalue weighted by Crippen LogP contribution is 2.36. The first-order valence-electron chi connectivity index (χ1n) is 11.3. The molecule has 0 bridgehead atoms. The largest absolute Gasteiger partial charge is 0.497 e. The number of carbonyl (C=O) groups excluding carboxylic acids is 2. The van der Waals surface area contributed by atoms with Gasteiger partial charge in [0.05, 0.1) is 13.0 Å². The highest BCUT2D eigenvalue weighted by atomic mass is 16.5. The van der Waals surface area contributed by atoms with Gasteiger partial charge in [-0.3, -0.25) is 9.59 Å². The predicted octanol–water partition coefficient (Wildman–Crippen LogP) is 3.68. The highest BCUT2D eigenvalue weighted by Gasteiger charge is 2.35. The Hall–Kier alpha value is -3.68. The van der Waals surface area contributed by atoms with E-state index >= 15 is 0 Å². The van der Waals surface area contributed by atoms with Crippen LogP contribution in [0.1, 0.15) is 43.1 Å². The number of nitrogens with one attached hydrogen (secondary N) is 1. The standard InChI is InChI=1S/C25H26N4O4/c1-32-21-10-2-5-16(11-21)14-26-24(31)19-13-22(30)29(15-19)20-9-4-8-18(12-20)23-27-25(33-28-23)17-6-3-7-17/h2,4-5,8-12,17,19H,3,6-7,13-15H2,1H3,(H,26,31)/t19-/m0/s1. The lowest BCUT2D eigenvalue weighted by Gasteiger charge is -2.20. The summed E-state index contributed by atoms with van der Waals surface area (Å²) in [4.78, 5) is 31.6. The molecule has 2 aliphatic rings. The molecule has 33 heavy (non-hydrogen) atoms. The highest BCUT2D eigenvalue weighted by molar-refractivity contribution is 6.00. The molecule has 1 saturated carbocycles. The first-order chi connectivity index (χ1) is 16.1. The van der Waals surface area contributed by atoms with E-state index in [2.05, 4.69) is 15.5 Å². The van der Waals surface area contributed by atoms with E-state index in [9.17, 15) is 9.59 Å². The second kappa shape index (κ2) is 9.05. The molecule has 2 aromatic carbocycles. The number of amides is 2. The van der Waals surface area contributed by atoms with Crippen LogP contribution in [0.2, 0.25) is 0 Å². The van der Waals surface area contributed by atoms with Gasteiger partial charge in [0, 0.05) is 36.7 Å². The summed E-state index contributed by atoms with van der Waals surface area (Å²) >= 11 is 0. The zero-order valence-electron chi connectivity index (χ0n) is 18.5. The van der Waals surface area contributed by atoms with Crippen molar-refractivity contribution in [1.82, 2.24) is 15.5 Å². The Bertz CT molecular complexity index is 1170. The fraction of sp³-hybridized carbons (Fsp3) is 0.360. The van der Waals surface area contributed by atoms with Gasteiger partial charge in [-0.2, -0.15) is 4.98 Å². The Balaban J connectivity index is 1.24. The molecule has 8 nitrogen and oxygen atoms in total. The first-order valence-corrected chi connectivity index (χ1v) is 11.3. The van der Waals surface area contributed by atoms with Gasteiger partial charge in [0.15, 0.2) is 0 Å². The summed E-state index contributed by atoms with van der Waals surface area (Å²) in [7, 11) is 1.61. The number of aromatic nitrogens is 2. The third kappa shape index (κ3) is 4.46. The molecule has 2 fully saturated rings. The number of rotatable bonds is 7. The number of methoxy groups -OCH3 is 1. The van der Waals surface area contributed by atoms with E-state index in [0.29, 0.717) is 30.7 Å². The molecule has 170 valence electrons. The molecule has 1 aliphatic carbocycles. The second-order valence-electron chi connectivity index (χ2n) is 8.61. The van der Waals surface area contributed by atoms with Gasteiger partial charge in [0.1, 0.15) is 5.75 Å². The Kier molecular flexibility index (Phi) is 5.81. The SMILES string of the molecule is COc1cccc(CNC(=O)[C@H]2CC(=O)N(c3cccc(-c4noc(C5CCC5)n4)c3)C2)c1. The van der Waals surface area contributed by atoms with Crippen molar-refractivity contribution in [2.75, 3.05) is 18.6 Å². The summed E-state index contributed by atoms with van der Waals surface area (Å²) in [5, 5.41) is 7.06. The lowest BCUT2D eigenvalue weighted by molar-refractivity contribution is -0.126. The van der Waals surface area contributed by atoms with Crippen molar-refractivity contribution in [3.63, 3.8) is 0 Å². The van der Waals surface area contributed by atoms with Crippen LogP contribution in [0.4, 0.5) is 5.69 Å². The van der Waals surface area contributed by atoms with E-state index in [1.807, 2.05) is 48.5 Å². The van der Waals surface area contributed by atoms with Crippen LogP contribution in [0.25, 0.3) is 11.4 Å². The van der Waals surface area contributed by atoms with Crippen molar-refractivity contribution < 1.29 is 18.8 Å². The van der Waals surface area contributed by atoms with Crippen molar-refractivity contribution in [2.45, 2.75) is 38.1 Å². The van der Waals surface area contributed by atoms with Crippen LogP contribution in [0, 0.1) is 5.92 Å². The van der Waals surface area contributed by atoms with E-state index < -0.39 is 5.92 Å². The molecule has 3 aromatic rings. The molecule has 0 unspecified atom stereocenters. The maximum atomic E-state index is 12.7. The van der Waals surface area contributed by atoms with E-state index in [0.717, 1.165) is 35.4 Å². The molecule has 0 spiro atoms. The third-order valence-corrected chi connectivity index (χ3v) is 6.41. The molecule has 1 aromatic heterocycles. The topological polar surface area (TPSA) is 97.6 Å². The molecular weight excluding hydrogens is 420 g/mol. The number of carbonyl (C=O) groups is 2. The van der Waals surface area contributed by atoms with Crippen LogP contribution in [-0.2, 0) is 16.1 Å². The minimum atomic E-state index is -0.401. The molecule has 1 N–H and O–H groups in total. The van der Waals surface area contributed by atoms with Crippen LogP contribution >= 0.6 is 0 Å². The van der Waals surface area contributed by atoms with E-state index in [4.69, 9.17) is 9.26 Å². The fourth-order valence-electron chi connectivity index (χ4n) is 4.24. The van der Waals surface area contributed by atoms with Crippen LogP contribution in [0.5, 0.6) is 5.75 Å². The van der Waals surface area contributed by atoms with Gasteiger partial charge in [-0.1, -0.05) is 35.8 Å². The lowest BCUT2D eigenvalue weighted by atomic mass is 9.85. The number of hydrogen-bond donors (Lipinski definition) is 1. The maximum Gasteiger partial charge on any atom is 0.230 e. The molecule has 1 saturated heterocycles. The molecule has 5 rings (SSSR count). The quantitative estimate of drug-likeness (QED) is 0.595. The van der Waals surface area contributed by atoms with E-state index in [-0.39, 0.29) is 18.2 Å². The molecule has 2 heterocycles. The fourth-order valence-corrected chi connectivity index (χ4v) is 4.24. The lowest BCUT2D eigenvalue weighted by Crippen LogP contribution is -2.32. The normalized spacial score (nSPS) is 18.3. The maximum absolute atomic E-state index is 12.7. The van der Waals surface area contributed by atoms with Gasteiger partial charge in [-0.25, -0.2) is 0 Å². The number of ether oxygens (including phenoxy) is 1. The molecule has 8 heteroatoms. The zero-order valence-corrected chi connectivity index (χ0v) is 18.5. The van der Waals surface area contributed by atoms with Crippen LogP contribution < -0.4 is 15.0 Å². The molecule has 1 atom stereocenters. The minimum Gasteiger partial charge on any atom is -0.497 e. The Morgan fingerprint density at radius 2 is 2.06 bits per heavy atom. The van der Waals surface area contributed by atoms with Gasteiger partial charge >= 0.3 is 0 Å². The van der Waals surface area contributed by atoms with Gasteiger partial charge in [-0.05, 0) is 42.7 Å². The smallest absolute Gasteiger partial charge is 0.230 e. The second-order valence-corrected chi connectivity index (χ2v) is 8.61. The first kappa shape index (κ1) is 21.2. The van der Waals surface area contributed by atoms with Gasteiger partial charge in [0.2, 0.25) is 23.5 Å². The Morgan fingerprint density at radius 3 is 2.85 bits per heavy atom. The van der Waals surface area contributed by atoms with Crippen molar-refractivity contribution in [1.29, 1.82) is 0 Å². The van der Waals surface area contributed by atoms with Gasteiger partial charge < -0.3 is 19.5 Å². The summed E-state index contributed by atoms with van der Waals surface area (Å²) in [6, 6.07) is 15.1. The molecular formula is C25H26N4O4. The molecule has 1 aliphatic heterocycles. The van der Waals surface area contributed by atoms with Crippen molar-refractivity contribution in [3.05, 3.63) is 60.0 Å². The van der Waals surface area contributed by atoms with Crippen molar-refractivity contribution in [3.8, 4) is 17.1 Å². The van der Waals surface area contributed by atoms with Gasteiger partial charge in [-0.15, -0.1) is 0 Å². The molecule has 0 radical (unpaired) electrons. The summed E-state index contributed by atoms with van der Waals surface area (Å²) < 4.78 is 10.7. The van der Waals surface area contributed by atoms with E-state index in [1.54, 1.807) is 12.0 Å². The average molecular weight is 447 g/mol. The zero-order chi connectivity index (χ0) is 22.8. The van der Waals surface area contributed by atoms with Gasteiger partial charge in [0.25, 0.3) is 0 Å². The van der Waals surface area contributed by atoms with Crippen molar-refractivity contribution >= 4 is 17.5 Å². The number of hydrogen-bond acceptors (Lipinski definition) is 6. The van der Waals surface area contributed by atoms with Crippen LogP contribution in [0.3, 0.4) is 0 Å². The average Bonchev–Trinajstić information content (AvgIpc) is 3.44. The molecule has 2 amide bonds. The number of nitrogens with zero attached hydrogens (tertiary/aromatic N) is 3. The Morgan fingerprint density at radius 1 is 1.21 bits per heavy atom. The predicted molar refractivity (Wildman–Crippen MR) is 122 cm³/mol. The number of anilines is 1. The Labute approximate surface area is 191 Å². The van der Waals surface area contributed by atoms with Crippen molar-refractivity contribution in [2.24, 2.45) is 5.92 Å². The third-order valence-electron chi connectivity index (χ3n) is 6.41.